The van der Waals surface area contributed by atoms with Gasteiger partial charge in [-0.25, -0.2) is 0 Å². The van der Waals surface area contributed by atoms with E-state index < -0.39 is 30.7 Å². The van der Waals surface area contributed by atoms with Crippen LogP contribution in [0.3, 0.4) is 0 Å². The SMILES string of the molecule is COC(/C=C/c1ccccc1)[C@H]1OC(OC)[C@H](O)[C@@H]1O. The quantitative estimate of drug-likeness (QED) is 0.835. The molecule has 2 N–H and O–H groups in total. The van der Waals surface area contributed by atoms with Crippen LogP contribution in [0.25, 0.3) is 6.08 Å². The number of aliphatic hydroxyl groups excluding tert-OH is 2. The van der Waals surface area contributed by atoms with E-state index in [1.807, 2.05) is 36.4 Å². The third-order valence-corrected chi connectivity index (χ3v) is 3.36. The zero-order chi connectivity index (χ0) is 14.5. The zero-order valence-corrected chi connectivity index (χ0v) is 11.5. The first-order valence-corrected chi connectivity index (χ1v) is 6.48. The Balaban J connectivity index is 2.07. The van der Waals surface area contributed by atoms with Crippen molar-refractivity contribution in [1.29, 1.82) is 0 Å². The van der Waals surface area contributed by atoms with Gasteiger partial charge in [-0.2, -0.15) is 0 Å². The van der Waals surface area contributed by atoms with E-state index in [0.29, 0.717) is 0 Å². The molecule has 0 aromatic heterocycles. The number of methoxy groups -OCH3 is 2. The summed E-state index contributed by atoms with van der Waals surface area (Å²) in [7, 11) is 2.95. The van der Waals surface area contributed by atoms with Crippen LogP contribution in [0.5, 0.6) is 0 Å². The largest absolute Gasteiger partial charge is 0.387 e. The van der Waals surface area contributed by atoms with Crippen LogP contribution in [-0.2, 0) is 14.2 Å². The van der Waals surface area contributed by atoms with Gasteiger partial charge < -0.3 is 24.4 Å². The van der Waals surface area contributed by atoms with Crippen molar-refractivity contribution in [1.82, 2.24) is 0 Å². The van der Waals surface area contributed by atoms with Crippen molar-refractivity contribution in [2.24, 2.45) is 0 Å². The summed E-state index contributed by atoms with van der Waals surface area (Å²) < 4.78 is 15.8. The molecule has 1 aliphatic rings. The number of rotatable bonds is 5. The average molecular weight is 280 g/mol. The van der Waals surface area contributed by atoms with Crippen LogP contribution in [0.4, 0.5) is 0 Å². The highest BCUT2D eigenvalue weighted by molar-refractivity contribution is 5.49. The van der Waals surface area contributed by atoms with E-state index in [0.717, 1.165) is 5.56 Å². The lowest BCUT2D eigenvalue weighted by molar-refractivity contribution is -0.161. The van der Waals surface area contributed by atoms with Crippen molar-refractivity contribution in [3.63, 3.8) is 0 Å². The Bertz CT molecular complexity index is 433. The first-order valence-electron chi connectivity index (χ1n) is 6.48. The van der Waals surface area contributed by atoms with Crippen molar-refractivity contribution in [2.75, 3.05) is 14.2 Å². The second-order valence-corrected chi connectivity index (χ2v) is 4.66. The van der Waals surface area contributed by atoms with Gasteiger partial charge in [0.05, 0.1) is 0 Å². The third-order valence-electron chi connectivity index (χ3n) is 3.36. The first-order chi connectivity index (χ1) is 9.67. The maximum Gasteiger partial charge on any atom is 0.186 e. The maximum atomic E-state index is 9.99. The maximum absolute atomic E-state index is 9.99. The molecule has 0 spiro atoms. The topological polar surface area (TPSA) is 68.2 Å². The molecule has 1 fully saturated rings. The standard InChI is InChI=1S/C15H20O5/c1-18-11(9-8-10-6-4-3-5-7-10)14-12(16)13(17)15(19-2)20-14/h3-9,11-17H,1-2H3/b9-8+/t11?,12-,13+,14+,15?/m0/s1. The summed E-state index contributed by atoms with van der Waals surface area (Å²) >= 11 is 0. The van der Waals surface area contributed by atoms with E-state index in [4.69, 9.17) is 14.2 Å². The number of ether oxygens (including phenoxy) is 3. The molecule has 0 bridgehead atoms. The summed E-state index contributed by atoms with van der Waals surface area (Å²) in [5, 5.41) is 19.8. The lowest BCUT2D eigenvalue weighted by Gasteiger charge is -2.21. The predicted molar refractivity (Wildman–Crippen MR) is 74.0 cm³/mol. The molecule has 2 unspecified atom stereocenters. The van der Waals surface area contributed by atoms with Gasteiger partial charge in [0.2, 0.25) is 0 Å². The average Bonchev–Trinajstić information content (AvgIpc) is 2.77. The monoisotopic (exact) mass is 280 g/mol. The molecule has 0 saturated carbocycles. The van der Waals surface area contributed by atoms with Crippen molar-refractivity contribution in [2.45, 2.75) is 30.7 Å². The molecule has 5 atom stereocenters. The van der Waals surface area contributed by atoms with E-state index in [9.17, 15) is 10.2 Å². The molecule has 1 aliphatic heterocycles. The van der Waals surface area contributed by atoms with Crippen molar-refractivity contribution < 1.29 is 24.4 Å². The van der Waals surface area contributed by atoms with Crippen LogP contribution in [0, 0.1) is 0 Å². The Kier molecular flexibility index (Phi) is 5.28. The van der Waals surface area contributed by atoms with Crippen LogP contribution < -0.4 is 0 Å². The number of hydrogen-bond acceptors (Lipinski definition) is 5. The molecule has 1 aromatic carbocycles. The molecule has 2 rings (SSSR count). The van der Waals surface area contributed by atoms with Gasteiger partial charge >= 0.3 is 0 Å². The number of hydrogen-bond donors (Lipinski definition) is 2. The molecular formula is C15H20O5. The molecule has 1 aromatic rings. The highest BCUT2D eigenvalue weighted by Gasteiger charge is 2.46. The highest BCUT2D eigenvalue weighted by atomic mass is 16.7. The van der Waals surface area contributed by atoms with Crippen molar-refractivity contribution >= 4 is 6.08 Å². The molecule has 5 nitrogen and oxygen atoms in total. The minimum absolute atomic E-state index is 0.472. The van der Waals surface area contributed by atoms with Crippen LogP contribution >= 0.6 is 0 Å². The first kappa shape index (κ1) is 15.2. The van der Waals surface area contributed by atoms with Gasteiger partial charge in [0.25, 0.3) is 0 Å². The second-order valence-electron chi connectivity index (χ2n) is 4.66. The molecule has 1 saturated heterocycles. The molecular weight excluding hydrogens is 260 g/mol. The summed E-state index contributed by atoms with van der Waals surface area (Å²) in [6.07, 6.45) is -0.416. The molecule has 1 heterocycles. The Labute approximate surface area is 118 Å². The number of aliphatic hydroxyl groups is 2. The van der Waals surface area contributed by atoms with Crippen LogP contribution in [0.15, 0.2) is 36.4 Å². The Morgan fingerprint density at radius 3 is 2.40 bits per heavy atom. The van der Waals surface area contributed by atoms with Gasteiger partial charge in [0, 0.05) is 14.2 Å². The fourth-order valence-corrected chi connectivity index (χ4v) is 2.23. The third kappa shape index (κ3) is 3.26. The summed E-state index contributed by atoms with van der Waals surface area (Å²) in [6.45, 7) is 0. The second kappa shape index (κ2) is 6.97. The minimum atomic E-state index is -1.08. The normalized spacial score (nSPS) is 31.8. The molecule has 5 heteroatoms. The summed E-state index contributed by atoms with van der Waals surface area (Å²) in [4.78, 5) is 0. The molecule has 0 radical (unpaired) electrons. The Hall–Kier alpha value is -1.24. The van der Waals surface area contributed by atoms with Crippen molar-refractivity contribution in [3.05, 3.63) is 42.0 Å². The molecule has 20 heavy (non-hydrogen) atoms. The fourth-order valence-electron chi connectivity index (χ4n) is 2.23. The predicted octanol–water partition coefficient (Wildman–Crippen LogP) is 0.808. The summed E-state index contributed by atoms with van der Waals surface area (Å²) in [5.74, 6) is 0. The molecule has 110 valence electrons. The molecule has 0 aliphatic carbocycles. The minimum Gasteiger partial charge on any atom is -0.387 e. The van der Waals surface area contributed by atoms with Crippen LogP contribution in [0.1, 0.15) is 5.56 Å². The fraction of sp³-hybridized carbons (Fsp3) is 0.467. The van der Waals surface area contributed by atoms with Crippen LogP contribution in [0.2, 0.25) is 0 Å². The highest BCUT2D eigenvalue weighted by Crippen LogP contribution is 2.26. The summed E-state index contributed by atoms with van der Waals surface area (Å²) in [5.41, 5.74) is 1.02. The van der Waals surface area contributed by atoms with E-state index >= 15 is 0 Å². The zero-order valence-electron chi connectivity index (χ0n) is 11.5. The lowest BCUT2D eigenvalue weighted by atomic mass is 10.0. The van der Waals surface area contributed by atoms with Gasteiger partial charge in [-0.3, -0.25) is 0 Å². The van der Waals surface area contributed by atoms with E-state index in [1.165, 1.54) is 14.2 Å². The lowest BCUT2D eigenvalue weighted by Crippen LogP contribution is -2.38. The van der Waals surface area contributed by atoms with Gasteiger partial charge in [-0.1, -0.05) is 42.5 Å². The van der Waals surface area contributed by atoms with E-state index in [-0.39, 0.29) is 0 Å². The van der Waals surface area contributed by atoms with Gasteiger partial charge in [0.15, 0.2) is 6.29 Å². The number of benzene rings is 1. The Morgan fingerprint density at radius 1 is 1.15 bits per heavy atom. The van der Waals surface area contributed by atoms with E-state index in [1.54, 1.807) is 6.08 Å². The van der Waals surface area contributed by atoms with Gasteiger partial charge in [-0.15, -0.1) is 0 Å². The Morgan fingerprint density at radius 2 is 1.85 bits per heavy atom. The molecule has 0 amide bonds. The smallest absolute Gasteiger partial charge is 0.186 e. The van der Waals surface area contributed by atoms with Crippen molar-refractivity contribution in [3.8, 4) is 0 Å². The van der Waals surface area contributed by atoms with Gasteiger partial charge in [0.1, 0.15) is 24.4 Å². The summed E-state index contributed by atoms with van der Waals surface area (Å²) in [6, 6.07) is 9.73. The van der Waals surface area contributed by atoms with Gasteiger partial charge in [-0.05, 0) is 5.56 Å². The van der Waals surface area contributed by atoms with E-state index in [2.05, 4.69) is 0 Å². The van der Waals surface area contributed by atoms with Crippen LogP contribution in [-0.4, -0.2) is 55.1 Å².